The number of hydrogen-bond acceptors (Lipinski definition) is 4. The van der Waals surface area contributed by atoms with E-state index in [4.69, 9.17) is 5.73 Å². The van der Waals surface area contributed by atoms with Crippen molar-refractivity contribution in [1.29, 1.82) is 0 Å². The molecule has 5 heteroatoms. The van der Waals surface area contributed by atoms with Crippen LogP contribution in [0.25, 0.3) is 0 Å². The number of aliphatic hydroxyl groups excluding tert-OH is 1. The smallest absolute Gasteiger partial charge is 0.251 e. The zero-order valence-electron chi connectivity index (χ0n) is 12.1. The van der Waals surface area contributed by atoms with Crippen molar-refractivity contribution in [3.05, 3.63) is 23.8 Å². The van der Waals surface area contributed by atoms with Crippen LogP contribution in [0.5, 0.6) is 0 Å². The molecule has 2 rings (SSSR count). The highest BCUT2D eigenvalue weighted by Crippen LogP contribution is 2.31. The summed E-state index contributed by atoms with van der Waals surface area (Å²) in [6.45, 7) is 3.35. The van der Waals surface area contributed by atoms with Crippen molar-refractivity contribution in [3.8, 4) is 0 Å². The van der Waals surface area contributed by atoms with Gasteiger partial charge in [0.05, 0.1) is 17.5 Å². The minimum Gasteiger partial charge on any atom is -0.397 e. The first-order valence-corrected chi connectivity index (χ1v) is 7.08. The quantitative estimate of drug-likeness (QED) is 0.707. The Kier molecular flexibility index (Phi) is 4.49. The Labute approximate surface area is 119 Å². The molecule has 1 aromatic rings. The van der Waals surface area contributed by atoms with Gasteiger partial charge in [0.25, 0.3) is 5.91 Å². The van der Waals surface area contributed by atoms with Crippen molar-refractivity contribution in [2.45, 2.75) is 25.9 Å². The van der Waals surface area contributed by atoms with Gasteiger partial charge in [-0.2, -0.15) is 0 Å². The van der Waals surface area contributed by atoms with Crippen LogP contribution in [0.1, 0.15) is 30.1 Å². The molecule has 1 aliphatic rings. The number of hydrogen-bond donors (Lipinski definition) is 3. The Morgan fingerprint density at radius 2 is 2.20 bits per heavy atom. The number of anilines is 2. The SMILES string of the molecule is CCNC(=O)c1ccc(N)c(N(C)CC2CC(O)C2)c1. The Balaban J connectivity index is 2.09. The second kappa shape index (κ2) is 6.13. The first kappa shape index (κ1) is 14.7. The van der Waals surface area contributed by atoms with Gasteiger partial charge in [-0.05, 0) is 43.9 Å². The number of nitrogens with two attached hydrogens (primary N) is 1. The van der Waals surface area contributed by atoms with E-state index in [1.165, 1.54) is 0 Å². The molecule has 1 saturated carbocycles. The summed E-state index contributed by atoms with van der Waals surface area (Å²) in [4.78, 5) is 13.9. The van der Waals surface area contributed by atoms with E-state index in [2.05, 4.69) is 10.2 Å². The van der Waals surface area contributed by atoms with Crippen LogP contribution < -0.4 is 16.0 Å². The molecule has 4 N–H and O–H groups in total. The van der Waals surface area contributed by atoms with E-state index in [1.807, 2.05) is 20.0 Å². The Morgan fingerprint density at radius 1 is 1.50 bits per heavy atom. The van der Waals surface area contributed by atoms with E-state index in [1.54, 1.807) is 12.1 Å². The van der Waals surface area contributed by atoms with E-state index in [0.717, 1.165) is 25.1 Å². The predicted molar refractivity (Wildman–Crippen MR) is 80.9 cm³/mol. The van der Waals surface area contributed by atoms with Gasteiger partial charge in [-0.15, -0.1) is 0 Å². The molecular formula is C15H23N3O2. The van der Waals surface area contributed by atoms with Crippen molar-refractivity contribution < 1.29 is 9.90 Å². The summed E-state index contributed by atoms with van der Waals surface area (Å²) in [7, 11) is 1.97. The first-order chi connectivity index (χ1) is 9.51. The fourth-order valence-corrected chi connectivity index (χ4v) is 2.61. The van der Waals surface area contributed by atoms with E-state index in [0.29, 0.717) is 23.7 Å². The van der Waals surface area contributed by atoms with Gasteiger partial charge in [0.1, 0.15) is 0 Å². The molecule has 1 aromatic carbocycles. The van der Waals surface area contributed by atoms with Crippen molar-refractivity contribution >= 4 is 17.3 Å². The second-order valence-corrected chi connectivity index (χ2v) is 5.50. The summed E-state index contributed by atoms with van der Waals surface area (Å²) in [5, 5.41) is 12.1. The average molecular weight is 277 g/mol. The number of nitrogens with one attached hydrogen (secondary N) is 1. The van der Waals surface area contributed by atoms with Gasteiger partial charge in [0, 0.05) is 25.7 Å². The molecule has 0 bridgehead atoms. The van der Waals surface area contributed by atoms with Crippen LogP contribution in [0.4, 0.5) is 11.4 Å². The number of carbonyl (C=O) groups is 1. The standard InChI is InChI=1S/C15H23N3O2/c1-3-17-15(20)11-4-5-13(16)14(8-11)18(2)9-10-6-12(19)7-10/h4-5,8,10,12,19H,3,6-7,9,16H2,1-2H3,(H,17,20). The van der Waals surface area contributed by atoms with E-state index in [-0.39, 0.29) is 12.0 Å². The zero-order valence-corrected chi connectivity index (χ0v) is 12.1. The number of aliphatic hydroxyl groups is 1. The lowest BCUT2D eigenvalue weighted by Crippen LogP contribution is -2.37. The normalized spacial score (nSPS) is 21.1. The van der Waals surface area contributed by atoms with Crippen LogP contribution in [0.15, 0.2) is 18.2 Å². The molecule has 20 heavy (non-hydrogen) atoms. The van der Waals surface area contributed by atoms with Gasteiger partial charge in [-0.3, -0.25) is 4.79 Å². The predicted octanol–water partition coefficient (Wildman–Crippen LogP) is 1.23. The summed E-state index contributed by atoms with van der Waals surface area (Å²) >= 11 is 0. The number of rotatable bonds is 5. The molecule has 0 spiro atoms. The highest BCUT2D eigenvalue weighted by Gasteiger charge is 2.28. The molecule has 5 nitrogen and oxygen atoms in total. The molecule has 0 saturated heterocycles. The van der Waals surface area contributed by atoms with Crippen molar-refractivity contribution in [3.63, 3.8) is 0 Å². The third-order valence-electron chi connectivity index (χ3n) is 3.78. The molecular weight excluding hydrogens is 254 g/mol. The molecule has 1 aliphatic carbocycles. The van der Waals surface area contributed by atoms with Crippen LogP contribution in [-0.4, -0.2) is 37.3 Å². The second-order valence-electron chi connectivity index (χ2n) is 5.50. The molecule has 0 heterocycles. The third kappa shape index (κ3) is 3.22. The van der Waals surface area contributed by atoms with Gasteiger partial charge in [-0.25, -0.2) is 0 Å². The summed E-state index contributed by atoms with van der Waals surface area (Å²) in [6, 6.07) is 5.34. The molecule has 1 fully saturated rings. The Hall–Kier alpha value is -1.75. The third-order valence-corrected chi connectivity index (χ3v) is 3.78. The largest absolute Gasteiger partial charge is 0.397 e. The highest BCUT2D eigenvalue weighted by atomic mass is 16.3. The number of nitrogen functional groups attached to an aromatic ring is 1. The molecule has 0 unspecified atom stereocenters. The van der Waals surface area contributed by atoms with Crippen LogP contribution in [0.3, 0.4) is 0 Å². The lowest BCUT2D eigenvalue weighted by molar-refractivity contribution is 0.0465. The number of carbonyl (C=O) groups excluding carboxylic acids is 1. The van der Waals surface area contributed by atoms with Gasteiger partial charge in [0.15, 0.2) is 0 Å². The monoisotopic (exact) mass is 277 g/mol. The summed E-state index contributed by atoms with van der Waals surface area (Å²) in [5.41, 5.74) is 8.16. The highest BCUT2D eigenvalue weighted by molar-refractivity contribution is 5.96. The first-order valence-electron chi connectivity index (χ1n) is 7.08. The van der Waals surface area contributed by atoms with Gasteiger partial charge < -0.3 is 21.1 Å². The van der Waals surface area contributed by atoms with E-state index in [9.17, 15) is 9.90 Å². The summed E-state index contributed by atoms with van der Waals surface area (Å²) in [6.07, 6.45) is 1.55. The van der Waals surface area contributed by atoms with E-state index < -0.39 is 0 Å². The Bertz CT molecular complexity index is 484. The maximum atomic E-state index is 11.9. The maximum absolute atomic E-state index is 11.9. The lowest BCUT2D eigenvalue weighted by atomic mass is 9.82. The summed E-state index contributed by atoms with van der Waals surface area (Å²) < 4.78 is 0. The minimum atomic E-state index is -0.146. The Morgan fingerprint density at radius 3 is 2.80 bits per heavy atom. The average Bonchev–Trinajstić information content (AvgIpc) is 2.37. The molecule has 110 valence electrons. The molecule has 0 radical (unpaired) electrons. The van der Waals surface area contributed by atoms with Gasteiger partial charge in [0.2, 0.25) is 0 Å². The maximum Gasteiger partial charge on any atom is 0.251 e. The van der Waals surface area contributed by atoms with Crippen LogP contribution in [0.2, 0.25) is 0 Å². The molecule has 1 amide bonds. The number of amides is 1. The fourth-order valence-electron chi connectivity index (χ4n) is 2.61. The fraction of sp³-hybridized carbons (Fsp3) is 0.533. The van der Waals surface area contributed by atoms with Crippen LogP contribution in [-0.2, 0) is 0 Å². The lowest BCUT2D eigenvalue weighted by Gasteiger charge is -2.35. The number of nitrogens with zero attached hydrogens (tertiary/aromatic N) is 1. The topological polar surface area (TPSA) is 78.6 Å². The van der Waals surface area contributed by atoms with Gasteiger partial charge in [-0.1, -0.05) is 0 Å². The van der Waals surface area contributed by atoms with Crippen LogP contribution >= 0.6 is 0 Å². The summed E-state index contributed by atoms with van der Waals surface area (Å²) in [5.74, 6) is 0.420. The molecule has 0 aromatic heterocycles. The minimum absolute atomic E-state index is 0.0822. The van der Waals surface area contributed by atoms with Crippen molar-refractivity contribution in [2.24, 2.45) is 5.92 Å². The number of benzene rings is 1. The van der Waals surface area contributed by atoms with Crippen LogP contribution in [0, 0.1) is 5.92 Å². The van der Waals surface area contributed by atoms with Crippen molar-refractivity contribution in [2.75, 3.05) is 30.8 Å². The zero-order chi connectivity index (χ0) is 14.7. The van der Waals surface area contributed by atoms with Crippen molar-refractivity contribution in [1.82, 2.24) is 5.32 Å². The van der Waals surface area contributed by atoms with Gasteiger partial charge >= 0.3 is 0 Å². The molecule has 0 aliphatic heterocycles. The molecule has 0 atom stereocenters. The van der Waals surface area contributed by atoms with E-state index >= 15 is 0 Å².